The predicted molar refractivity (Wildman–Crippen MR) is 69.5 cm³/mol. The highest BCUT2D eigenvalue weighted by Gasteiger charge is 2.13. The summed E-state index contributed by atoms with van der Waals surface area (Å²) in [6, 6.07) is 7.77. The largest absolute Gasteiger partial charge is 0.497 e. The van der Waals surface area contributed by atoms with E-state index in [0.717, 1.165) is 26.9 Å². The minimum Gasteiger partial charge on any atom is -0.497 e. The minimum atomic E-state index is -0.459. The Morgan fingerprint density at radius 3 is 2.41 bits per heavy atom. The summed E-state index contributed by atoms with van der Waals surface area (Å²) in [5.74, 6) is 0.831. The standard InChI is InChI=1S/C13H15NO2S/c1-8-12(9(2)15)17-13(14-8)10-4-6-11(16-3)7-5-10/h4-7,9,15H,1-3H3. The van der Waals surface area contributed by atoms with Gasteiger partial charge in [0.05, 0.1) is 23.8 Å². The lowest BCUT2D eigenvalue weighted by Crippen LogP contribution is -1.88. The van der Waals surface area contributed by atoms with E-state index in [1.807, 2.05) is 31.2 Å². The van der Waals surface area contributed by atoms with Crippen LogP contribution in [0.25, 0.3) is 10.6 Å². The van der Waals surface area contributed by atoms with Crippen LogP contribution < -0.4 is 4.74 Å². The van der Waals surface area contributed by atoms with E-state index in [0.29, 0.717) is 0 Å². The molecule has 0 aliphatic heterocycles. The molecular weight excluding hydrogens is 234 g/mol. The third kappa shape index (κ3) is 2.48. The highest BCUT2D eigenvalue weighted by atomic mass is 32.1. The average Bonchev–Trinajstić information content (AvgIpc) is 2.71. The lowest BCUT2D eigenvalue weighted by atomic mass is 10.2. The van der Waals surface area contributed by atoms with Crippen LogP contribution in [0.4, 0.5) is 0 Å². The number of nitrogens with zero attached hydrogens (tertiary/aromatic N) is 1. The molecule has 4 heteroatoms. The fourth-order valence-corrected chi connectivity index (χ4v) is 2.66. The number of thiazole rings is 1. The van der Waals surface area contributed by atoms with Crippen LogP contribution in [0.2, 0.25) is 0 Å². The molecule has 0 saturated carbocycles. The normalized spacial score (nSPS) is 12.5. The monoisotopic (exact) mass is 249 g/mol. The van der Waals surface area contributed by atoms with Crippen LogP contribution >= 0.6 is 11.3 Å². The van der Waals surface area contributed by atoms with E-state index in [-0.39, 0.29) is 0 Å². The number of aliphatic hydroxyl groups excluding tert-OH is 1. The van der Waals surface area contributed by atoms with E-state index in [2.05, 4.69) is 4.98 Å². The lowest BCUT2D eigenvalue weighted by molar-refractivity contribution is 0.202. The summed E-state index contributed by atoms with van der Waals surface area (Å²) in [4.78, 5) is 5.40. The van der Waals surface area contributed by atoms with E-state index in [1.54, 1.807) is 14.0 Å². The maximum Gasteiger partial charge on any atom is 0.123 e. The third-order valence-corrected chi connectivity index (χ3v) is 3.93. The summed E-state index contributed by atoms with van der Waals surface area (Å²) in [5.41, 5.74) is 1.95. The maximum absolute atomic E-state index is 9.60. The number of ether oxygens (including phenoxy) is 1. The van der Waals surface area contributed by atoms with Gasteiger partial charge in [0.15, 0.2) is 0 Å². The van der Waals surface area contributed by atoms with E-state index < -0.39 is 6.10 Å². The fourth-order valence-electron chi connectivity index (χ4n) is 1.65. The topological polar surface area (TPSA) is 42.4 Å². The molecule has 1 unspecified atom stereocenters. The Balaban J connectivity index is 2.36. The number of hydrogen-bond donors (Lipinski definition) is 1. The summed E-state index contributed by atoms with van der Waals surface area (Å²) < 4.78 is 5.12. The first-order valence-electron chi connectivity index (χ1n) is 5.41. The van der Waals surface area contributed by atoms with Gasteiger partial charge in [0, 0.05) is 5.56 Å². The van der Waals surface area contributed by atoms with E-state index in [4.69, 9.17) is 4.74 Å². The van der Waals surface area contributed by atoms with Gasteiger partial charge in [0.2, 0.25) is 0 Å². The Hall–Kier alpha value is -1.39. The molecule has 0 amide bonds. The van der Waals surface area contributed by atoms with Crippen LogP contribution in [0.1, 0.15) is 23.6 Å². The maximum atomic E-state index is 9.60. The molecule has 0 saturated heterocycles. The van der Waals surface area contributed by atoms with Crippen molar-refractivity contribution in [3.8, 4) is 16.3 Å². The molecule has 1 atom stereocenters. The number of aromatic nitrogens is 1. The Kier molecular flexibility index (Phi) is 3.45. The molecule has 1 N–H and O–H groups in total. The second kappa shape index (κ2) is 4.85. The van der Waals surface area contributed by atoms with Crippen molar-refractivity contribution in [2.75, 3.05) is 7.11 Å². The quantitative estimate of drug-likeness (QED) is 0.908. The molecule has 0 aliphatic rings. The Morgan fingerprint density at radius 2 is 1.94 bits per heavy atom. The molecule has 3 nitrogen and oxygen atoms in total. The van der Waals surface area contributed by atoms with Crippen molar-refractivity contribution < 1.29 is 9.84 Å². The number of hydrogen-bond acceptors (Lipinski definition) is 4. The van der Waals surface area contributed by atoms with Gasteiger partial charge in [-0.05, 0) is 38.1 Å². The number of benzene rings is 1. The smallest absolute Gasteiger partial charge is 0.123 e. The molecule has 1 heterocycles. The molecule has 0 aliphatic carbocycles. The molecule has 0 spiro atoms. The molecule has 17 heavy (non-hydrogen) atoms. The van der Waals surface area contributed by atoms with Crippen LogP contribution in [0.15, 0.2) is 24.3 Å². The van der Waals surface area contributed by atoms with Gasteiger partial charge in [-0.25, -0.2) is 4.98 Å². The second-order valence-electron chi connectivity index (χ2n) is 3.87. The number of rotatable bonds is 3. The minimum absolute atomic E-state index is 0.459. The highest BCUT2D eigenvalue weighted by molar-refractivity contribution is 7.15. The molecule has 2 aromatic rings. The number of methoxy groups -OCH3 is 1. The van der Waals surface area contributed by atoms with Crippen LogP contribution in [0, 0.1) is 6.92 Å². The van der Waals surface area contributed by atoms with Gasteiger partial charge in [-0.15, -0.1) is 11.3 Å². The van der Waals surface area contributed by atoms with Gasteiger partial charge in [-0.2, -0.15) is 0 Å². The predicted octanol–water partition coefficient (Wildman–Crippen LogP) is 3.18. The highest BCUT2D eigenvalue weighted by Crippen LogP contribution is 2.32. The zero-order chi connectivity index (χ0) is 12.4. The molecule has 90 valence electrons. The Labute approximate surface area is 105 Å². The first-order chi connectivity index (χ1) is 8.11. The van der Waals surface area contributed by atoms with Crippen LogP contribution in [-0.2, 0) is 0 Å². The van der Waals surface area contributed by atoms with Gasteiger partial charge in [0.25, 0.3) is 0 Å². The lowest BCUT2D eigenvalue weighted by Gasteiger charge is -2.00. The SMILES string of the molecule is COc1ccc(-c2nc(C)c(C(C)O)s2)cc1. The first-order valence-corrected chi connectivity index (χ1v) is 6.23. The summed E-state index contributed by atoms with van der Waals surface area (Å²) >= 11 is 1.53. The molecule has 0 radical (unpaired) electrons. The fraction of sp³-hybridized carbons (Fsp3) is 0.308. The Morgan fingerprint density at radius 1 is 1.29 bits per heavy atom. The first kappa shape index (κ1) is 12.1. The van der Waals surface area contributed by atoms with Gasteiger partial charge < -0.3 is 9.84 Å². The van der Waals surface area contributed by atoms with E-state index in [9.17, 15) is 5.11 Å². The summed E-state index contributed by atoms with van der Waals surface area (Å²) in [6.07, 6.45) is -0.459. The van der Waals surface area contributed by atoms with E-state index >= 15 is 0 Å². The van der Waals surface area contributed by atoms with Crippen molar-refractivity contribution in [1.82, 2.24) is 4.98 Å². The van der Waals surface area contributed by atoms with Crippen molar-refractivity contribution in [2.24, 2.45) is 0 Å². The average molecular weight is 249 g/mol. The third-order valence-electron chi connectivity index (χ3n) is 2.55. The molecule has 1 aromatic carbocycles. The van der Waals surface area contributed by atoms with Crippen LogP contribution in [0.5, 0.6) is 5.75 Å². The van der Waals surface area contributed by atoms with Crippen molar-refractivity contribution in [3.05, 3.63) is 34.8 Å². The molecular formula is C13H15NO2S. The Bertz CT molecular complexity index is 503. The molecule has 1 aromatic heterocycles. The zero-order valence-electron chi connectivity index (χ0n) is 10.1. The van der Waals surface area contributed by atoms with Crippen molar-refractivity contribution in [3.63, 3.8) is 0 Å². The van der Waals surface area contributed by atoms with Crippen LogP contribution in [0.3, 0.4) is 0 Å². The summed E-state index contributed by atoms with van der Waals surface area (Å²) in [7, 11) is 1.65. The summed E-state index contributed by atoms with van der Waals surface area (Å²) in [6.45, 7) is 3.68. The second-order valence-corrected chi connectivity index (χ2v) is 4.90. The van der Waals surface area contributed by atoms with Gasteiger partial charge in [-0.3, -0.25) is 0 Å². The van der Waals surface area contributed by atoms with Gasteiger partial charge in [-0.1, -0.05) is 0 Å². The molecule has 2 rings (SSSR count). The van der Waals surface area contributed by atoms with Crippen molar-refractivity contribution >= 4 is 11.3 Å². The van der Waals surface area contributed by atoms with Gasteiger partial charge in [0.1, 0.15) is 10.8 Å². The van der Waals surface area contributed by atoms with Gasteiger partial charge >= 0.3 is 0 Å². The number of aryl methyl sites for hydroxylation is 1. The molecule has 0 bridgehead atoms. The molecule has 0 fully saturated rings. The summed E-state index contributed by atoms with van der Waals surface area (Å²) in [5, 5.41) is 10.5. The van der Waals surface area contributed by atoms with Crippen molar-refractivity contribution in [1.29, 1.82) is 0 Å². The van der Waals surface area contributed by atoms with Crippen molar-refractivity contribution in [2.45, 2.75) is 20.0 Å². The zero-order valence-corrected chi connectivity index (χ0v) is 10.9. The van der Waals surface area contributed by atoms with E-state index in [1.165, 1.54) is 11.3 Å². The van der Waals surface area contributed by atoms with Crippen LogP contribution in [-0.4, -0.2) is 17.2 Å². The number of aliphatic hydroxyl groups is 1.